The number of unbranched alkanes of at least 4 members (excludes halogenated alkanes) is 1. The molecule has 0 radical (unpaired) electrons. The number of benzene rings is 1. The highest BCUT2D eigenvalue weighted by atomic mass is 35.5. The molecular formula is C14H22ClN3. The number of fused-ring (bicyclic) bond motifs is 1. The van der Waals surface area contributed by atoms with Gasteiger partial charge in [-0.3, -0.25) is 0 Å². The zero-order valence-corrected chi connectivity index (χ0v) is 11.6. The number of para-hydroxylation sites is 1. The lowest BCUT2D eigenvalue weighted by Gasteiger charge is -2.12. The quantitative estimate of drug-likeness (QED) is 0.729. The van der Waals surface area contributed by atoms with Gasteiger partial charge in [-0.2, -0.15) is 0 Å². The van der Waals surface area contributed by atoms with Crippen molar-refractivity contribution in [3.63, 3.8) is 0 Å². The van der Waals surface area contributed by atoms with Crippen molar-refractivity contribution in [2.45, 2.75) is 32.2 Å². The van der Waals surface area contributed by atoms with Crippen LogP contribution in [0.2, 0.25) is 0 Å². The highest BCUT2D eigenvalue weighted by Crippen LogP contribution is 2.28. The Bertz CT molecular complexity index is 493. The number of hydrogen-bond donors (Lipinski definition) is 3. The number of rotatable bonds is 5. The van der Waals surface area contributed by atoms with Crippen LogP contribution in [-0.4, -0.2) is 11.5 Å². The molecule has 1 heterocycles. The molecule has 0 bridgehead atoms. The van der Waals surface area contributed by atoms with E-state index in [4.69, 9.17) is 11.5 Å². The number of aromatic amines is 1. The van der Waals surface area contributed by atoms with Gasteiger partial charge in [0.1, 0.15) is 0 Å². The maximum atomic E-state index is 6.29. The van der Waals surface area contributed by atoms with E-state index in [0.29, 0.717) is 0 Å². The summed E-state index contributed by atoms with van der Waals surface area (Å²) >= 11 is 0. The van der Waals surface area contributed by atoms with Gasteiger partial charge in [0.15, 0.2) is 0 Å². The summed E-state index contributed by atoms with van der Waals surface area (Å²) in [5.74, 6) is 0. The van der Waals surface area contributed by atoms with Gasteiger partial charge in [0.2, 0.25) is 0 Å². The maximum Gasteiger partial charge on any atom is 0.0459 e. The second-order valence-electron chi connectivity index (χ2n) is 4.60. The Morgan fingerprint density at radius 1 is 1.22 bits per heavy atom. The van der Waals surface area contributed by atoms with Crippen molar-refractivity contribution in [2.75, 3.05) is 6.54 Å². The Balaban J connectivity index is 0.00000162. The van der Waals surface area contributed by atoms with Crippen LogP contribution in [0.15, 0.2) is 24.3 Å². The molecule has 18 heavy (non-hydrogen) atoms. The fourth-order valence-electron chi connectivity index (χ4n) is 2.43. The molecule has 4 heteroatoms. The summed E-state index contributed by atoms with van der Waals surface area (Å²) in [7, 11) is 0. The number of halogens is 1. The zero-order chi connectivity index (χ0) is 12.3. The van der Waals surface area contributed by atoms with E-state index < -0.39 is 0 Å². The Labute approximate surface area is 114 Å². The van der Waals surface area contributed by atoms with E-state index in [1.165, 1.54) is 22.2 Å². The predicted molar refractivity (Wildman–Crippen MR) is 80.1 cm³/mol. The summed E-state index contributed by atoms with van der Waals surface area (Å²) in [5, 5.41) is 1.25. The fourth-order valence-corrected chi connectivity index (χ4v) is 2.43. The molecule has 0 aliphatic heterocycles. The van der Waals surface area contributed by atoms with Crippen LogP contribution in [0.4, 0.5) is 0 Å². The summed E-state index contributed by atoms with van der Waals surface area (Å²) in [5.41, 5.74) is 15.4. The van der Waals surface area contributed by atoms with E-state index in [2.05, 4.69) is 30.1 Å². The Kier molecular flexibility index (Phi) is 5.66. The first-order valence-corrected chi connectivity index (χ1v) is 6.27. The van der Waals surface area contributed by atoms with Gasteiger partial charge < -0.3 is 16.5 Å². The number of nitrogens with two attached hydrogens (primary N) is 2. The van der Waals surface area contributed by atoms with Crippen molar-refractivity contribution in [3.8, 4) is 0 Å². The number of H-pyrrole nitrogens is 1. The average Bonchev–Trinajstić information content (AvgIpc) is 2.65. The van der Waals surface area contributed by atoms with E-state index in [1.54, 1.807) is 0 Å². The molecule has 5 N–H and O–H groups in total. The van der Waals surface area contributed by atoms with Gasteiger partial charge in [0.25, 0.3) is 0 Å². The van der Waals surface area contributed by atoms with Crippen LogP contribution < -0.4 is 11.5 Å². The topological polar surface area (TPSA) is 67.8 Å². The summed E-state index contributed by atoms with van der Waals surface area (Å²) in [6, 6.07) is 8.45. The second-order valence-corrected chi connectivity index (χ2v) is 4.60. The second kappa shape index (κ2) is 6.78. The minimum absolute atomic E-state index is 0. The number of aryl methyl sites for hydroxylation is 1. The van der Waals surface area contributed by atoms with Crippen LogP contribution >= 0.6 is 12.4 Å². The van der Waals surface area contributed by atoms with Crippen LogP contribution in [0.5, 0.6) is 0 Å². The van der Waals surface area contributed by atoms with Crippen LogP contribution in [-0.2, 0) is 0 Å². The van der Waals surface area contributed by atoms with Crippen LogP contribution in [0.25, 0.3) is 10.9 Å². The molecule has 0 unspecified atom stereocenters. The molecule has 100 valence electrons. The molecule has 2 aromatic rings. The summed E-state index contributed by atoms with van der Waals surface area (Å²) < 4.78 is 0. The van der Waals surface area contributed by atoms with E-state index in [1.807, 2.05) is 6.07 Å². The molecule has 1 atom stereocenters. The molecule has 0 spiro atoms. The minimum Gasteiger partial charge on any atom is -0.358 e. The molecule has 1 aromatic heterocycles. The smallest absolute Gasteiger partial charge is 0.0459 e. The third-order valence-electron chi connectivity index (χ3n) is 3.28. The van der Waals surface area contributed by atoms with E-state index in [-0.39, 0.29) is 18.4 Å². The standard InChI is InChI=1S/C14H21N3.ClH/c1-10-14(12(16)7-4-5-9-15)11-6-2-3-8-13(11)17-10;/h2-3,6,8,12,17H,4-5,7,9,15-16H2,1H3;1H/t12-;/m0./s1. The van der Waals surface area contributed by atoms with Gasteiger partial charge in [0.05, 0.1) is 0 Å². The third kappa shape index (κ3) is 3.05. The first kappa shape index (κ1) is 15.0. The SMILES string of the molecule is Cc1[nH]c2ccccc2c1[C@@H](N)CCCCN.Cl. The molecule has 0 amide bonds. The Morgan fingerprint density at radius 2 is 1.94 bits per heavy atom. The third-order valence-corrected chi connectivity index (χ3v) is 3.28. The van der Waals surface area contributed by atoms with Gasteiger partial charge in [-0.1, -0.05) is 24.6 Å². The number of nitrogens with one attached hydrogen (secondary N) is 1. The lowest BCUT2D eigenvalue weighted by molar-refractivity contribution is 0.591. The van der Waals surface area contributed by atoms with Gasteiger partial charge in [0, 0.05) is 22.6 Å². The first-order valence-electron chi connectivity index (χ1n) is 6.27. The van der Waals surface area contributed by atoms with Crippen molar-refractivity contribution in [1.82, 2.24) is 4.98 Å². The first-order chi connectivity index (χ1) is 8.24. The van der Waals surface area contributed by atoms with Gasteiger partial charge >= 0.3 is 0 Å². The number of aromatic nitrogens is 1. The summed E-state index contributed by atoms with van der Waals surface area (Å²) in [4.78, 5) is 3.39. The van der Waals surface area contributed by atoms with Gasteiger partial charge in [-0.25, -0.2) is 0 Å². The zero-order valence-electron chi connectivity index (χ0n) is 10.8. The summed E-state index contributed by atoms with van der Waals surface area (Å²) in [6.45, 7) is 2.84. The van der Waals surface area contributed by atoms with E-state index >= 15 is 0 Å². The highest BCUT2D eigenvalue weighted by molar-refractivity contribution is 5.85. The lowest BCUT2D eigenvalue weighted by atomic mass is 9.99. The van der Waals surface area contributed by atoms with Crippen LogP contribution in [0.3, 0.4) is 0 Å². The number of hydrogen-bond acceptors (Lipinski definition) is 2. The molecule has 0 saturated heterocycles. The van der Waals surface area contributed by atoms with E-state index in [0.717, 1.165) is 25.8 Å². The van der Waals surface area contributed by atoms with Crippen LogP contribution in [0, 0.1) is 6.92 Å². The van der Waals surface area contributed by atoms with Crippen molar-refractivity contribution < 1.29 is 0 Å². The molecule has 0 aliphatic rings. The van der Waals surface area contributed by atoms with Crippen molar-refractivity contribution in [1.29, 1.82) is 0 Å². The minimum atomic E-state index is 0. The monoisotopic (exact) mass is 267 g/mol. The van der Waals surface area contributed by atoms with Crippen molar-refractivity contribution in [3.05, 3.63) is 35.5 Å². The van der Waals surface area contributed by atoms with Crippen molar-refractivity contribution >= 4 is 23.3 Å². The molecular weight excluding hydrogens is 246 g/mol. The van der Waals surface area contributed by atoms with E-state index in [9.17, 15) is 0 Å². The molecule has 1 aromatic carbocycles. The Morgan fingerprint density at radius 3 is 2.67 bits per heavy atom. The predicted octanol–water partition coefficient (Wildman–Crippen LogP) is 3.03. The maximum absolute atomic E-state index is 6.29. The molecule has 3 nitrogen and oxygen atoms in total. The van der Waals surface area contributed by atoms with Gasteiger partial charge in [-0.05, 0) is 37.9 Å². The molecule has 0 aliphatic carbocycles. The van der Waals surface area contributed by atoms with Crippen molar-refractivity contribution in [2.24, 2.45) is 11.5 Å². The lowest BCUT2D eigenvalue weighted by Crippen LogP contribution is -2.11. The molecule has 0 fully saturated rings. The fraction of sp³-hybridized carbons (Fsp3) is 0.429. The molecule has 2 rings (SSSR count). The van der Waals surface area contributed by atoms with Crippen LogP contribution in [0.1, 0.15) is 36.6 Å². The Hall–Kier alpha value is -1.03. The van der Waals surface area contributed by atoms with Gasteiger partial charge in [-0.15, -0.1) is 12.4 Å². The highest BCUT2D eigenvalue weighted by Gasteiger charge is 2.14. The summed E-state index contributed by atoms with van der Waals surface area (Å²) in [6.07, 6.45) is 3.14. The molecule has 0 saturated carbocycles. The average molecular weight is 268 g/mol. The largest absolute Gasteiger partial charge is 0.358 e. The normalized spacial score (nSPS) is 12.4.